The van der Waals surface area contributed by atoms with Gasteiger partial charge in [-0.1, -0.05) is 58.4 Å². The van der Waals surface area contributed by atoms with Gasteiger partial charge in [0.05, 0.1) is 5.52 Å². The predicted octanol–water partition coefficient (Wildman–Crippen LogP) is 5.01. The Labute approximate surface area is 180 Å². The zero-order valence-electron chi connectivity index (χ0n) is 15.8. The normalized spacial score (nSPS) is 19.2. The quantitative estimate of drug-likeness (QED) is 0.320. The average molecular weight is 464 g/mol. The number of carbonyl (C=O) groups is 1. The second-order valence-electron chi connectivity index (χ2n) is 7.25. The Morgan fingerprint density at radius 2 is 1.87 bits per heavy atom. The van der Waals surface area contributed by atoms with Crippen LogP contribution in [0.4, 0.5) is 5.69 Å². The Morgan fingerprint density at radius 3 is 2.77 bits per heavy atom. The second-order valence-corrected chi connectivity index (χ2v) is 8.16. The number of fused-ring (bicyclic) bond motifs is 2. The van der Waals surface area contributed by atoms with E-state index in [0.29, 0.717) is 17.3 Å². The molecule has 0 saturated carbocycles. The van der Waals surface area contributed by atoms with Crippen LogP contribution in [0.25, 0.3) is 21.7 Å². The fourth-order valence-corrected chi connectivity index (χ4v) is 4.24. The molecule has 1 amide bonds. The number of nitrogens with zero attached hydrogens (tertiary/aromatic N) is 2. The zero-order valence-corrected chi connectivity index (χ0v) is 17.3. The van der Waals surface area contributed by atoms with E-state index in [9.17, 15) is 9.90 Å². The van der Waals surface area contributed by atoms with Crippen LogP contribution in [0.3, 0.4) is 0 Å². The van der Waals surface area contributed by atoms with E-state index < -0.39 is 11.9 Å². The van der Waals surface area contributed by atoms with E-state index >= 15 is 0 Å². The van der Waals surface area contributed by atoms with Crippen molar-refractivity contribution in [3.8, 4) is 5.88 Å². The smallest absolute Gasteiger partial charge is 0.282 e. The van der Waals surface area contributed by atoms with Gasteiger partial charge in [-0.2, -0.15) is 0 Å². The topological polar surface area (TPSA) is 102 Å². The number of halogens is 1. The molecular weight excluding hydrogens is 446 g/mol. The lowest BCUT2D eigenvalue weighted by Crippen LogP contribution is -2.35. The van der Waals surface area contributed by atoms with E-state index in [4.69, 9.17) is 0 Å². The van der Waals surface area contributed by atoms with Crippen LogP contribution in [0, 0.1) is 0 Å². The number of hydrogen-bond acceptors (Lipinski definition) is 5. The van der Waals surface area contributed by atoms with Crippen LogP contribution in [0.15, 0.2) is 75.4 Å². The largest absolute Gasteiger partial charge is 0.493 e. The van der Waals surface area contributed by atoms with Crippen LogP contribution in [-0.2, 0) is 4.79 Å². The van der Waals surface area contributed by atoms with Crippen molar-refractivity contribution in [1.82, 2.24) is 15.8 Å². The molecule has 0 bridgehead atoms. The van der Waals surface area contributed by atoms with Gasteiger partial charge in [-0.3, -0.25) is 4.79 Å². The van der Waals surface area contributed by atoms with Crippen LogP contribution in [0.2, 0.25) is 0 Å². The average Bonchev–Trinajstić information content (AvgIpc) is 3.36. The number of hydrazine groups is 1. The van der Waals surface area contributed by atoms with Gasteiger partial charge < -0.3 is 10.1 Å². The number of H-pyrrole nitrogens is 1. The molecule has 8 heteroatoms. The van der Waals surface area contributed by atoms with Gasteiger partial charge in [0.25, 0.3) is 5.91 Å². The third kappa shape index (κ3) is 3.39. The predicted molar refractivity (Wildman–Crippen MR) is 119 cm³/mol. The van der Waals surface area contributed by atoms with Crippen LogP contribution in [0.1, 0.15) is 18.0 Å². The van der Waals surface area contributed by atoms with Crippen molar-refractivity contribution < 1.29 is 9.90 Å². The van der Waals surface area contributed by atoms with Crippen molar-refractivity contribution in [2.45, 2.75) is 18.5 Å². The number of nitrogens with one attached hydrogen (secondary N) is 3. The van der Waals surface area contributed by atoms with Gasteiger partial charge in [0.1, 0.15) is 6.04 Å². The van der Waals surface area contributed by atoms with Crippen molar-refractivity contribution in [1.29, 1.82) is 0 Å². The van der Waals surface area contributed by atoms with Crippen molar-refractivity contribution in [3.05, 3.63) is 70.7 Å². The summed E-state index contributed by atoms with van der Waals surface area (Å²) in [7, 11) is 0. The first-order valence-electron chi connectivity index (χ1n) is 9.54. The number of azo groups is 1. The molecule has 0 radical (unpaired) electrons. The molecule has 150 valence electrons. The maximum Gasteiger partial charge on any atom is 0.282 e. The molecule has 4 aromatic rings. The molecule has 0 aliphatic carbocycles. The van der Waals surface area contributed by atoms with E-state index in [2.05, 4.69) is 66.3 Å². The Bertz CT molecular complexity index is 1290. The first kappa shape index (κ1) is 18.9. The highest BCUT2D eigenvalue weighted by Gasteiger charge is 2.31. The van der Waals surface area contributed by atoms with Gasteiger partial charge in [0, 0.05) is 15.9 Å². The van der Waals surface area contributed by atoms with Crippen molar-refractivity contribution >= 4 is 49.2 Å². The number of amides is 1. The van der Waals surface area contributed by atoms with E-state index in [0.717, 1.165) is 20.8 Å². The molecule has 7 nitrogen and oxygen atoms in total. The fraction of sp³-hybridized carbons (Fsp3) is 0.136. The van der Waals surface area contributed by atoms with E-state index in [-0.39, 0.29) is 17.6 Å². The first-order valence-corrected chi connectivity index (χ1v) is 10.3. The number of hydrogen-bond donors (Lipinski definition) is 4. The van der Waals surface area contributed by atoms with E-state index in [1.165, 1.54) is 0 Å². The maximum atomic E-state index is 12.6. The minimum atomic E-state index is -0.503. The zero-order chi connectivity index (χ0) is 20.7. The summed E-state index contributed by atoms with van der Waals surface area (Å²) in [5, 5.41) is 21.0. The van der Waals surface area contributed by atoms with Crippen LogP contribution in [-0.4, -0.2) is 22.0 Å². The number of aromatic nitrogens is 1. The van der Waals surface area contributed by atoms with Crippen molar-refractivity contribution in [2.75, 3.05) is 0 Å². The summed E-state index contributed by atoms with van der Waals surface area (Å²) in [6, 6.07) is 19.3. The van der Waals surface area contributed by atoms with Gasteiger partial charge in [-0.25, -0.2) is 10.9 Å². The summed E-state index contributed by atoms with van der Waals surface area (Å²) in [4.78, 5) is 15.5. The number of aromatic amines is 1. The number of carbonyl (C=O) groups excluding carboxylic acids is 1. The van der Waals surface area contributed by atoms with Crippen molar-refractivity contribution in [3.63, 3.8) is 0 Å². The SMILES string of the molecule is O=C(N=Nc1c(O)[nH]c2ccc(Br)cc12)C1CC(c2cccc3ccccc23)NN1. The Kier molecular flexibility index (Phi) is 4.82. The molecule has 1 aliphatic rings. The summed E-state index contributed by atoms with van der Waals surface area (Å²) in [5.74, 6) is -0.514. The van der Waals surface area contributed by atoms with Gasteiger partial charge in [0.2, 0.25) is 5.88 Å². The lowest BCUT2D eigenvalue weighted by atomic mass is 9.96. The highest BCUT2D eigenvalue weighted by atomic mass is 79.9. The minimum absolute atomic E-state index is 0.0160. The number of aromatic hydroxyl groups is 1. The third-order valence-electron chi connectivity index (χ3n) is 5.36. The lowest BCUT2D eigenvalue weighted by Gasteiger charge is -2.12. The summed E-state index contributed by atoms with van der Waals surface area (Å²) in [6.07, 6.45) is 0.553. The van der Waals surface area contributed by atoms with E-state index in [1.54, 1.807) is 0 Å². The monoisotopic (exact) mass is 463 g/mol. The molecule has 0 spiro atoms. The molecule has 5 rings (SSSR count). The summed E-state index contributed by atoms with van der Waals surface area (Å²) < 4.78 is 0.844. The standard InChI is InChI=1S/C22H18BrN5O2/c23-13-8-9-17-16(10-13)20(22(30)24-17)27-28-21(29)19-11-18(25-26-19)15-7-3-5-12-4-1-2-6-14(12)15/h1-10,18-19,24-26,30H,11H2. The number of benzene rings is 3. The molecule has 1 fully saturated rings. The molecule has 2 unspecified atom stereocenters. The Balaban J connectivity index is 1.36. The molecule has 2 atom stereocenters. The first-order chi connectivity index (χ1) is 14.6. The molecule has 30 heavy (non-hydrogen) atoms. The third-order valence-corrected chi connectivity index (χ3v) is 5.86. The number of rotatable bonds is 3. The molecule has 1 saturated heterocycles. The van der Waals surface area contributed by atoms with Crippen LogP contribution >= 0.6 is 15.9 Å². The molecule has 4 N–H and O–H groups in total. The summed E-state index contributed by atoms with van der Waals surface area (Å²) >= 11 is 3.40. The fourth-order valence-electron chi connectivity index (χ4n) is 3.88. The Hall–Kier alpha value is -3.07. The molecule has 1 aromatic heterocycles. The summed E-state index contributed by atoms with van der Waals surface area (Å²) in [5.41, 5.74) is 8.33. The van der Waals surface area contributed by atoms with E-state index in [1.807, 2.05) is 36.4 Å². The Morgan fingerprint density at radius 1 is 1.03 bits per heavy atom. The molecular formula is C22H18BrN5O2. The van der Waals surface area contributed by atoms with Gasteiger partial charge in [-0.05, 0) is 41.0 Å². The highest BCUT2D eigenvalue weighted by molar-refractivity contribution is 9.10. The van der Waals surface area contributed by atoms with Crippen LogP contribution in [0.5, 0.6) is 5.88 Å². The van der Waals surface area contributed by atoms with Gasteiger partial charge in [0.15, 0.2) is 5.69 Å². The maximum absolute atomic E-state index is 12.6. The van der Waals surface area contributed by atoms with Crippen molar-refractivity contribution in [2.24, 2.45) is 10.2 Å². The highest BCUT2D eigenvalue weighted by Crippen LogP contribution is 2.37. The molecule has 3 aromatic carbocycles. The summed E-state index contributed by atoms with van der Waals surface area (Å²) in [6.45, 7) is 0. The van der Waals surface area contributed by atoms with Crippen LogP contribution < -0.4 is 10.9 Å². The van der Waals surface area contributed by atoms with Gasteiger partial charge >= 0.3 is 0 Å². The molecule has 1 aliphatic heterocycles. The second kappa shape index (κ2) is 7.64. The van der Waals surface area contributed by atoms with Gasteiger partial charge in [-0.15, -0.1) is 10.2 Å². The minimum Gasteiger partial charge on any atom is -0.493 e. The lowest BCUT2D eigenvalue weighted by molar-refractivity contribution is -0.120. The molecule has 2 heterocycles.